The summed E-state index contributed by atoms with van der Waals surface area (Å²) >= 11 is 0. The van der Waals surface area contributed by atoms with Crippen LogP contribution in [0.3, 0.4) is 0 Å². The lowest BCUT2D eigenvalue weighted by Crippen LogP contribution is -2.46. The van der Waals surface area contributed by atoms with E-state index in [4.69, 9.17) is 9.84 Å². The maximum absolute atomic E-state index is 11.4. The van der Waals surface area contributed by atoms with E-state index in [-0.39, 0.29) is 6.10 Å². The summed E-state index contributed by atoms with van der Waals surface area (Å²) in [5.74, 6) is -0.228. The second-order valence-electron chi connectivity index (χ2n) is 4.47. The minimum atomic E-state index is -1.07. The van der Waals surface area contributed by atoms with Crippen molar-refractivity contribution >= 4 is 12.0 Å². The highest BCUT2D eigenvalue weighted by atomic mass is 16.5. The number of hydrogen-bond donors (Lipinski definition) is 3. The molecule has 6 heteroatoms. The molecule has 0 fully saturated rings. The lowest BCUT2D eigenvalue weighted by molar-refractivity contribution is -0.138. The average Bonchev–Trinajstić information content (AvgIpc) is 2.78. The molecular weight excluding hydrogens is 248 g/mol. The van der Waals surface area contributed by atoms with Crippen molar-refractivity contribution in [1.29, 1.82) is 0 Å². The van der Waals surface area contributed by atoms with Gasteiger partial charge < -0.3 is 20.5 Å². The molecule has 6 nitrogen and oxygen atoms in total. The van der Waals surface area contributed by atoms with E-state index in [0.717, 1.165) is 17.7 Å². The molecule has 0 spiro atoms. The number of nitrogens with one attached hydrogen (secondary N) is 2. The average molecular weight is 264 g/mol. The van der Waals surface area contributed by atoms with Crippen LogP contribution in [0.1, 0.15) is 12.5 Å². The van der Waals surface area contributed by atoms with Gasteiger partial charge in [-0.05, 0) is 18.6 Å². The number of carboxylic acids is 1. The van der Waals surface area contributed by atoms with E-state index in [2.05, 4.69) is 10.6 Å². The fourth-order valence-electron chi connectivity index (χ4n) is 1.88. The molecule has 0 aliphatic carbocycles. The van der Waals surface area contributed by atoms with Gasteiger partial charge in [0, 0.05) is 6.42 Å². The zero-order chi connectivity index (χ0) is 13.8. The van der Waals surface area contributed by atoms with Crippen LogP contribution in [0.4, 0.5) is 4.79 Å². The molecule has 2 amide bonds. The van der Waals surface area contributed by atoms with Crippen molar-refractivity contribution < 1.29 is 19.4 Å². The normalized spacial score (nSPS) is 18.1. The molecule has 2 atom stereocenters. The van der Waals surface area contributed by atoms with E-state index in [1.807, 2.05) is 24.3 Å². The number of rotatable bonds is 4. The molecule has 0 bridgehead atoms. The Labute approximate surface area is 110 Å². The summed E-state index contributed by atoms with van der Waals surface area (Å²) in [7, 11) is 0. The van der Waals surface area contributed by atoms with Crippen molar-refractivity contribution in [2.45, 2.75) is 25.5 Å². The van der Waals surface area contributed by atoms with Gasteiger partial charge in [0.2, 0.25) is 0 Å². The summed E-state index contributed by atoms with van der Waals surface area (Å²) < 4.78 is 5.65. The lowest BCUT2D eigenvalue weighted by atomic mass is 10.1. The first-order valence-electron chi connectivity index (χ1n) is 6.08. The number of carbonyl (C=O) groups is 2. The van der Waals surface area contributed by atoms with Crippen LogP contribution in [-0.2, 0) is 11.2 Å². The van der Waals surface area contributed by atoms with E-state index < -0.39 is 18.0 Å². The summed E-state index contributed by atoms with van der Waals surface area (Å²) in [6.07, 6.45) is 0.633. The summed E-state index contributed by atoms with van der Waals surface area (Å²) in [4.78, 5) is 22.0. The molecule has 0 radical (unpaired) electrons. The second kappa shape index (κ2) is 5.60. The summed E-state index contributed by atoms with van der Waals surface area (Å²) in [6, 6.07) is 6.30. The maximum Gasteiger partial charge on any atom is 0.325 e. The fourth-order valence-corrected chi connectivity index (χ4v) is 1.88. The molecule has 0 saturated carbocycles. The van der Waals surface area contributed by atoms with Crippen LogP contribution in [0.2, 0.25) is 0 Å². The summed E-state index contributed by atoms with van der Waals surface area (Å²) in [5, 5.41) is 13.6. The smallest absolute Gasteiger partial charge is 0.325 e. The molecule has 2 rings (SSSR count). The van der Waals surface area contributed by atoms with Gasteiger partial charge in [0.1, 0.15) is 17.9 Å². The van der Waals surface area contributed by atoms with Gasteiger partial charge in [0.25, 0.3) is 0 Å². The van der Waals surface area contributed by atoms with Crippen molar-refractivity contribution in [3.8, 4) is 5.75 Å². The predicted octanol–water partition coefficient (Wildman–Crippen LogP) is 0.762. The SMILES string of the molecule is C[C@H](NC(=O)NCC1Cc2ccccc2O1)C(=O)O. The van der Waals surface area contributed by atoms with E-state index in [9.17, 15) is 9.59 Å². The highest BCUT2D eigenvalue weighted by molar-refractivity contribution is 5.82. The number of carboxylic acid groups (broad SMARTS) is 1. The van der Waals surface area contributed by atoms with Crippen LogP contribution >= 0.6 is 0 Å². The van der Waals surface area contributed by atoms with Crippen LogP contribution in [0.15, 0.2) is 24.3 Å². The molecule has 1 aliphatic heterocycles. The monoisotopic (exact) mass is 264 g/mol. The molecule has 0 saturated heterocycles. The van der Waals surface area contributed by atoms with Crippen molar-refractivity contribution in [3.05, 3.63) is 29.8 Å². The molecule has 19 heavy (non-hydrogen) atoms. The first-order chi connectivity index (χ1) is 9.06. The Bertz CT molecular complexity index is 464. The predicted molar refractivity (Wildman–Crippen MR) is 68.2 cm³/mol. The van der Waals surface area contributed by atoms with Crippen molar-refractivity contribution in [2.75, 3.05) is 6.54 Å². The van der Waals surface area contributed by atoms with Gasteiger partial charge in [-0.25, -0.2) is 4.79 Å². The molecular formula is C13H16N2O4. The second-order valence-corrected chi connectivity index (χ2v) is 4.47. The molecule has 0 aromatic heterocycles. The van der Waals surface area contributed by atoms with Crippen LogP contribution in [0.5, 0.6) is 5.75 Å². The maximum atomic E-state index is 11.4. The van der Waals surface area contributed by atoms with Crippen LogP contribution in [-0.4, -0.2) is 35.8 Å². The van der Waals surface area contributed by atoms with Gasteiger partial charge in [0.05, 0.1) is 6.54 Å². The number of fused-ring (bicyclic) bond motifs is 1. The van der Waals surface area contributed by atoms with Crippen LogP contribution in [0, 0.1) is 0 Å². The van der Waals surface area contributed by atoms with E-state index in [0.29, 0.717) is 6.54 Å². The molecule has 102 valence electrons. The zero-order valence-corrected chi connectivity index (χ0v) is 10.6. The third kappa shape index (κ3) is 3.37. The lowest BCUT2D eigenvalue weighted by Gasteiger charge is -2.14. The Morgan fingerprint density at radius 3 is 2.89 bits per heavy atom. The molecule has 1 aliphatic rings. The number of amides is 2. The van der Waals surface area contributed by atoms with Gasteiger partial charge >= 0.3 is 12.0 Å². The van der Waals surface area contributed by atoms with Gasteiger partial charge in [-0.3, -0.25) is 4.79 Å². The topological polar surface area (TPSA) is 87.7 Å². The Kier molecular flexibility index (Phi) is 3.89. The number of urea groups is 1. The number of carbonyl (C=O) groups excluding carboxylic acids is 1. The van der Waals surface area contributed by atoms with Gasteiger partial charge in [0.15, 0.2) is 0 Å². The Balaban J connectivity index is 1.76. The number of hydrogen-bond acceptors (Lipinski definition) is 3. The van der Waals surface area contributed by atoms with Crippen LogP contribution < -0.4 is 15.4 Å². The van der Waals surface area contributed by atoms with Crippen molar-refractivity contribution in [2.24, 2.45) is 0 Å². The highest BCUT2D eigenvalue weighted by Gasteiger charge is 2.23. The molecule has 1 heterocycles. The largest absolute Gasteiger partial charge is 0.488 e. The Morgan fingerprint density at radius 1 is 1.47 bits per heavy atom. The molecule has 1 aromatic carbocycles. The fraction of sp³-hybridized carbons (Fsp3) is 0.385. The van der Waals surface area contributed by atoms with Gasteiger partial charge in [-0.15, -0.1) is 0 Å². The minimum absolute atomic E-state index is 0.108. The summed E-state index contributed by atoms with van der Waals surface area (Å²) in [5.41, 5.74) is 1.12. The van der Waals surface area contributed by atoms with Crippen LogP contribution in [0.25, 0.3) is 0 Å². The molecule has 3 N–H and O–H groups in total. The highest BCUT2D eigenvalue weighted by Crippen LogP contribution is 2.27. The molecule has 1 unspecified atom stereocenters. The third-order valence-corrected chi connectivity index (χ3v) is 2.92. The number of ether oxygens (including phenoxy) is 1. The standard InChI is InChI=1S/C13H16N2O4/c1-8(12(16)17)15-13(18)14-7-10-6-9-4-2-3-5-11(9)19-10/h2-5,8,10H,6-7H2,1H3,(H,16,17)(H2,14,15,18)/t8-,10?/m0/s1. The number of aliphatic carboxylic acids is 1. The first kappa shape index (κ1) is 13.2. The number of para-hydroxylation sites is 1. The number of benzene rings is 1. The van der Waals surface area contributed by atoms with Gasteiger partial charge in [-0.2, -0.15) is 0 Å². The van der Waals surface area contributed by atoms with E-state index in [1.54, 1.807) is 0 Å². The molecule has 1 aromatic rings. The first-order valence-corrected chi connectivity index (χ1v) is 6.08. The van der Waals surface area contributed by atoms with E-state index >= 15 is 0 Å². The zero-order valence-electron chi connectivity index (χ0n) is 10.6. The van der Waals surface area contributed by atoms with Gasteiger partial charge in [-0.1, -0.05) is 18.2 Å². The Hall–Kier alpha value is -2.24. The minimum Gasteiger partial charge on any atom is -0.488 e. The Morgan fingerprint density at radius 2 is 2.21 bits per heavy atom. The summed E-state index contributed by atoms with van der Waals surface area (Å²) in [6.45, 7) is 1.75. The van der Waals surface area contributed by atoms with Crippen molar-refractivity contribution in [1.82, 2.24) is 10.6 Å². The third-order valence-electron chi connectivity index (χ3n) is 2.92. The van der Waals surface area contributed by atoms with Crippen molar-refractivity contribution in [3.63, 3.8) is 0 Å². The van der Waals surface area contributed by atoms with E-state index in [1.165, 1.54) is 6.92 Å². The quantitative estimate of drug-likeness (QED) is 0.749.